The third-order valence-electron chi connectivity index (χ3n) is 3.14. The molecule has 0 aromatic carbocycles. The molecule has 0 aromatic heterocycles. The number of piperidine rings is 1. The van der Waals surface area contributed by atoms with Crippen LogP contribution in [0, 0.1) is 0 Å². The predicted octanol–water partition coefficient (Wildman–Crippen LogP) is -0.531. The summed E-state index contributed by atoms with van der Waals surface area (Å²) >= 11 is 0. The molecule has 1 aliphatic rings. The molecule has 6 heteroatoms. The smallest absolute Gasteiger partial charge is 0.148 e. The van der Waals surface area contributed by atoms with E-state index in [1.54, 1.807) is 7.11 Å². The van der Waals surface area contributed by atoms with Gasteiger partial charge in [0.2, 0.25) is 0 Å². The molecule has 96 valence electrons. The number of hydrogen-bond donors (Lipinski definition) is 1. The number of sulfone groups is 1. The van der Waals surface area contributed by atoms with E-state index in [9.17, 15) is 8.42 Å². The minimum Gasteiger partial charge on any atom is -0.381 e. The van der Waals surface area contributed by atoms with Crippen LogP contribution in [0.2, 0.25) is 0 Å². The first-order valence-corrected chi connectivity index (χ1v) is 7.67. The number of methoxy groups -OCH3 is 1. The second-order valence-electron chi connectivity index (χ2n) is 4.44. The van der Waals surface area contributed by atoms with E-state index >= 15 is 0 Å². The molecule has 1 aliphatic heterocycles. The topological polar surface area (TPSA) is 72.6 Å². The fourth-order valence-electron chi connectivity index (χ4n) is 2.10. The largest absolute Gasteiger partial charge is 0.381 e. The SMILES string of the molecule is COC1CCN(CCS(C)(=O)=O)C(CN)C1. The third kappa shape index (κ3) is 4.37. The van der Waals surface area contributed by atoms with Crippen LogP contribution in [-0.2, 0) is 14.6 Å². The summed E-state index contributed by atoms with van der Waals surface area (Å²) in [4.78, 5) is 2.16. The van der Waals surface area contributed by atoms with Gasteiger partial charge in [0.25, 0.3) is 0 Å². The number of hydrogen-bond acceptors (Lipinski definition) is 5. The number of rotatable bonds is 5. The number of ether oxygens (including phenoxy) is 1. The first-order valence-electron chi connectivity index (χ1n) is 5.61. The van der Waals surface area contributed by atoms with Crippen LogP contribution in [0.3, 0.4) is 0 Å². The van der Waals surface area contributed by atoms with Crippen LogP contribution in [0.1, 0.15) is 12.8 Å². The number of nitrogens with zero attached hydrogens (tertiary/aromatic N) is 1. The van der Waals surface area contributed by atoms with E-state index in [4.69, 9.17) is 10.5 Å². The zero-order valence-corrected chi connectivity index (χ0v) is 10.9. The summed E-state index contributed by atoms with van der Waals surface area (Å²) < 4.78 is 27.5. The molecule has 0 spiro atoms. The molecular weight excluding hydrogens is 228 g/mol. The molecule has 2 N–H and O–H groups in total. The van der Waals surface area contributed by atoms with Gasteiger partial charge in [-0.05, 0) is 12.8 Å². The van der Waals surface area contributed by atoms with Crippen LogP contribution in [-0.4, -0.2) is 64.2 Å². The van der Waals surface area contributed by atoms with Gasteiger partial charge in [-0.15, -0.1) is 0 Å². The van der Waals surface area contributed by atoms with Crippen molar-refractivity contribution in [1.82, 2.24) is 4.90 Å². The van der Waals surface area contributed by atoms with E-state index < -0.39 is 9.84 Å². The highest BCUT2D eigenvalue weighted by Crippen LogP contribution is 2.18. The molecule has 0 saturated carbocycles. The van der Waals surface area contributed by atoms with Crippen molar-refractivity contribution in [3.8, 4) is 0 Å². The first-order chi connectivity index (χ1) is 7.46. The summed E-state index contributed by atoms with van der Waals surface area (Å²) in [5, 5.41) is 0. The van der Waals surface area contributed by atoms with E-state index in [1.165, 1.54) is 6.26 Å². The van der Waals surface area contributed by atoms with E-state index in [2.05, 4.69) is 4.90 Å². The monoisotopic (exact) mass is 250 g/mol. The van der Waals surface area contributed by atoms with Crippen molar-refractivity contribution >= 4 is 9.84 Å². The van der Waals surface area contributed by atoms with E-state index in [0.29, 0.717) is 13.1 Å². The van der Waals surface area contributed by atoms with Crippen LogP contribution in [0.15, 0.2) is 0 Å². The lowest BCUT2D eigenvalue weighted by atomic mass is 9.99. The molecule has 0 radical (unpaired) electrons. The molecule has 0 bridgehead atoms. The molecule has 0 aliphatic carbocycles. The normalized spacial score (nSPS) is 28.2. The minimum absolute atomic E-state index is 0.209. The highest BCUT2D eigenvalue weighted by Gasteiger charge is 2.27. The van der Waals surface area contributed by atoms with E-state index in [1.807, 2.05) is 0 Å². The molecule has 1 saturated heterocycles. The quantitative estimate of drug-likeness (QED) is 0.710. The van der Waals surface area contributed by atoms with Crippen LogP contribution in [0.25, 0.3) is 0 Å². The Morgan fingerprint density at radius 3 is 2.69 bits per heavy atom. The molecule has 1 fully saturated rings. The van der Waals surface area contributed by atoms with Crippen molar-refractivity contribution in [1.29, 1.82) is 0 Å². The van der Waals surface area contributed by atoms with Gasteiger partial charge >= 0.3 is 0 Å². The van der Waals surface area contributed by atoms with Crippen molar-refractivity contribution in [3.63, 3.8) is 0 Å². The Kier molecular flexibility index (Phi) is 5.17. The molecular formula is C10H22N2O3S. The molecule has 1 rings (SSSR count). The Balaban J connectivity index is 2.47. The van der Waals surface area contributed by atoms with Crippen LogP contribution >= 0.6 is 0 Å². The lowest BCUT2D eigenvalue weighted by molar-refractivity contribution is 0.0157. The molecule has 1 heterocycles. The van der Waals surface area contributed by atoms with Gasteiger partial charge in [-0.1, -0.05) is 0 Å². The maximum absolute atomic E-state index is 11.1. The molecule has 5 nitrogen and oxygen atoms in total. The van der Waals surface area contributed by atoms with E-state index in [0.717, 1.165) is 19.4 Å². The molecule has 0 amide bonds. The lowest BCUT2D eigenvalue weighted by Crippen LogP contribution is -2.49. The number of likely N-dealkylation sites (tertiary alicyclic amines) is 1. The summed E-state index contributed by atoms with van der Waals surface area (Å²) in [6, 6.07) is 0.250. The van der Waals surface area contributed by atoms with Gasteiger partial charge in [-0.3, -0.25) is 4.90 Å². The third-order valence-corrected chi connectivity index (χ3v) is 4.07. The number of nitrogens with two attached hydrogens (primary N) is 1. The minimum atomic E-state index is -2.89. The fourth-order valence-corrected chi connectivity index (χ4v) is 2.67. The van der Waals surface area contributed by atoms with Crippen molar-refractivity contribution in [2.24, 2.45) is 5.73 Å². The predicted molar refractivity (Wildman–Crippen MR) is 64.2 cm³/mol. The second-order valence-corrected chi connectivity index (χ2v) is 6.70. The van der Waals surface area contributed by atoms with Gasteiger partial charge in [0.1, 0.15) is 9.84 Å². The maximum Gasteiger partial charge on any atom is 0.148 e. The summed E-state index contributed by atoms with van der Waals surface area (Å²) in [6.07, 6.45) is 3.39. The van der Waals surface area contributed by atoms with E-state index in [-0.39, 0.29) is 17.9 Å². The average molecular weight is 250 g/mol. The first kappa shape index (κ1) is 13.9. The van der Waals surface area contributed by atoms with Gasteiger partial charge in [0, 0.05) is 39.0 Å². The van der Waals surface area contributed by atoms with Crippen LogP contribution in [0.5, 0.6) is 0 Å². The van der Waals surface area contributed by atoms with Crippen molar-refractivity contribution < 1.29 is 13.2 Å². The summed E-state index contributed by atoms with van der Waals surface area (Å²) in [7, 11) is -1.18. The summed E-state index contributed by atoms with van der Waals surface area (Å²) in [5.74, 6) is 0.209. The lowest BCUT2D eigenvalue weighted by Gasteiger charge is -2.38. The van der Waals surface area contributed by atoms with Crippen LogP contribution < -0.4 is 5.73 Å². The Bertz CT molecular complexity index is 305. The highest BCUT2D eigenvalue weighted by molar-refractivity contribution is 7.90. The summed E-state index contributed by atoms with van der Waals surface area (Å²) in [5.41, 5.74) is 5.70. The maximum atomic E-state index is 11.1. The highest BCUT2D eigenvalue weighted by atomic mass is 32.2. The van der Waals surface area contributed by atoms with Gasteiger partial charge < -0.3 is 10.5 Å². The Labute approximate surface area is 97.9 Å². The Morgan fingerprint density at radius 1 is 1.50 bits per heavy atom. The standard InChI is InChI=1S/C10H22N2O3S/c1-15-10-3-4-12(9(7-10)8-11)5-6-16(2,13)14/h9-10H,3-8,11H2,1-2H3. The van der Waals surface area contributed by atoms with Crippen LogP contribution in [0.4, 0.5) is 0 Å². The zero-order valence-electron chi connectivity index (χ0n) is 10.1. The van der Waals surface area contributed by atoms with Gasteiger partial charge in [0.05, 0.1) is 11.9 Å². The molecule has 2 atom stereocenters. The average Bonchev–Trinajstić information content (AvgIpc) is 2.25. The zero-order chi connectivity index (χ0) is 12.2. The molecule has 0 aromatic rings. The van der Waals surface area contributed by atoms with Crippen molar-refractivity contribution in [2.45, 2.75) is 25.0 Å². The Hall–Kier alpha value is -0.170. The molecule has 2 unspecified atom stereocenters. The van der Waals surface area contributed by atoms with Crippen molar-refractivity contribution in [2.75, 3.05) is 38.8 Å². The second kappa shape index (κ2) is 5.95. The van der Waals surface area contributed by atoms with Gasteiger partial charge in [0.15, 0.2) is 0 Å². The summed E-state index contributed by atoms with van der Waals surface area (Å²) in [6.45, 7) is 2.01. The van der Waals surface area contributed by atoms with Gasteiger partial charge in [-0.25, -0.2) is 8.42 Å². The van der Waals surface area contributed by atoms with Gasteiger partial charge in [-0.2, -0.15) is 0 Å². The van der Waals surface area contributed by atoms with Crippen molar-refractivity contribution in [3.05, 3.63) is 0 Å². The Morgan fingerprint density at radius 2 is 2.19 bits per heavy atom. The fraction of sp³-hybridized carbons (Fsp3) is 1.00. The molecule has 16 heavy (non-hydrogen) atoms.